The Morgan fingerprint density at radius 1 is 1.32 bits per heavy atom. The molecule has 0 saturated heterocycles. The molecule has 1 aromatic heterocycles. The van der Waals surface area contributed by atoms with E-state index in [1.54, 1.807) is 17.8 Å². The Morgan fingerprint density at radius 2 is 2.00 bits per heavy atom. The fraction of sp³-hybridized carbons (Fsp3) is 0.250. The molecule has 1 unspecified atom stereocenters. The van der Waals surface area contributed by atoms with Crippen molar-refractivity contribution in [3.05, 3.63) is 53.4 Å². The van der Waals surface area contributed by atoms with Crippen LogP contribution in [0, 0.1) is 5.82 Å². The van der Waals surface area contributed by atoms with E-state index in [9.17, 15) is 17.6 Å². The van der Waals surface area contributed by atoms with E-state index in [-0.39, 0.29) is 5.56 Å². The average molecular weight is 273 g/mol. The van der Waals surface area contributed by atoms with Gasteiger partial charge in [-0.2, -0.15) is 13.2 Å². The van der Waals surface area contributed by atoms with Crippen molar-refractivity contribution in [2.45, 2.75) is 12.2 Å². The Hall–Kier alpha value is -1.89. The van der Waals surface area contributed by atoms with Crippen molar-refractivity contribution >= 4 is 0 Å². The first-order valence-electron chi connectivity index (χ1n) is 5.40. The normalized spacial score (nSPS) is 13.6. The summed E-state index contributed by atoms with van der Waals surface area (Å²) in [6.45, 7) is 0. The fourth-order valence-corrected chi connectivity index (χ4v) is 1.78. The first kappa shape index (κ1) is 13.5. The van der Waals surface area contributed by atoms with Crippen LogP contribution in [0.3, 0.4) is 0 Å². The number of halogens is 4. The summed E-state index contributed by atoms with van der Waals surface area (Å²) in [4.78, 5) is 3.97. The number of rotatable bonds is 2. The Morgan fingerprint density at radius 3 is 2.53 bits per heavy atom. The van der Waals surface area contributed by atoms with Gasteiger partial charge in [0.05, 0.1) is 11.6 Å². The largest absolute Gasteiger partial charge is 0.419 e. The minimum absolute atomic E-state index is 0.156. The number of alkyl halides is 3. The summed E-state index contributed by atoms with van der Waals surface area (Å²) in [6, 6.07) is 1.86. The second kappa shape index (κ2) is 4.65. The van der Waals surface area contributed by atoms with Crippen molar-refractivity contribution in [2.24, 2.45) is 12.8 Å². The number of nitrogens with two attached hydrogens (primary N) is 1. The molecule has 1 atom stereocenters. The van der Waals surface area contributed by atoms with Gasteiger partial charge in [0.15, 0.2) is 0 Å². The summed E-state index contributed by atoms with van der Waals surface area (Å²) in [5.74, 6) is -0.914. The lowest BCUT2D eigenvalue weighted by Gasteiger charge is -2.15. The van der Waals surface area contributed by atoms with E-state index >= 15 is 0 Å². The molecule has 0 saturated carbocycles. The summed E-state index contributed by atoms with van der Waals surface area (Å²) in [5.41, 5.74) is 4.68. The van der Waals surface area contributed by atoms with Crippen molar-refractivity contribution in [1.29, 1.82) is 0 Å². The first-order chi connectivity index (χ1) is 8.80. The van der Waals surface area contributed by atoms with Crippen LogP contribution in [0.4, 0.5) is 17.6 Å². The summed E-state index contributed by atoms with van der Waals surface area (Å²) < 4.78 is 52.6. The van der Waals surface area contributed by atoms with Gasteiger partial charge in [-0.3, -0.25) is 0 Å². The summed E-state index contributed by atoms with van der Waals surface area (Å²) in [6.07, 6.45) is -1.63. The zero-order valence-corrected chi connectivity index (χ0v) is 9.95. The lowest BCUT2D eigenvalue weighted by molar-refractivity contribution is -0.140. The van der Waals surface area contributed by atoms with Gasteiger partial charge in [-0.15, -0.1) is 0 Å². The Kier molecular flexibility index (Phi) is 3.32. The van der Waals surface area contributed by atoms with E-state index in [1.807, 2.05) is 0 Å². The SMILES string of the molecule is Cn1ccnc1C(N)c1ccc(F)c(C(F)(F)F)c1. The molecule has 0 spiro atoms. The number of aryl methyl sites for hydroxylation is 1. The molecule has 7 heteroatoms. The molecular weight excluding hydrogens is 262 g/mol. The van der Waals surface area contributed by atoms with Crippen LogP contribution in [-0.2, 0) is 13.2 Å². The molecule has 3 nitrogen and oxygen atoms in total. The quantitative estimate of drug-likeness (QED) is 0.855. The van der Waals surface area contributed by atoms with Gasteiger partial charge >= 0.3 is 6.18 Å². The molecule has 1 heterocycles. The molecule has 102 valence electrons. The average Bonchev–Trinajstić information content (AvgIpc) is 2.73. The van der Waals surface area contributed by atoms with E-state index in [0.717, 1.165) is 6.07 Å². The van der Waals surface area contributed by atoms with E-state index in [1.165, 1.54) is 12.3 Å². The van der Waals surface area contributed by atoms with E-state index in [2.05, 4.69) is 4.98 Å². The van der Waals surface area contributed by atoms with Gasteiger partial charge in [-0.1, -0.05) is 6.07 Å². The molecule has 2 rings (SSSR count). The summed E-state index contributed by atoms with van der Waals surface area (Å²) in [5, 5.41) is 0. The molecule has 19 heavy (non-hydrogen) atoms. The minimum atomic E-state index is -4.75. The molecule has 0 amide bonds. The van der Waals surface area contributed by atoms with Gasteiger partial charge in [0, 0.05) is 19.4 Å². The number of hydrogen-bond acceptors (Lipinski definition) is 2. The summed E-state index contributed by atoms with van der Waals surface area (Å²) >= 11 is 0. The number of hydrogen-bond donors (Lipinski definition) is 1. The highest BCUT2D eigenvalue weighted by Gasteiger charge is 2.34. The topological polar surface area (TPSA) is 43.8 Å². The Bertz CT molecular complexity index is 589. The van der Waals surface area contributed by atoms with Crippen molar-refractivity contribution in [2.75, 3.05) is 0 Å². The third kappa shape index (κ3) is 2.60. The van der Waals surface area contributed by atoms with Crippen LogP contribution in [0.5, 0.6) is 0 Å². The highest BCUT2D eigenvalue weighted by Crippen LogP contribution is 2.33. The minimum Gasteiger partial charge on any atom is -0.336 e. The predicted octanol–water partition coefficient (Wildman–Crippen LogP) is 2.63. The number of benzene rings is 1. The standard InChI is InChI=1S/C12H11F4N3/c1-19-5-4-18-11(19)10(17)7-2-3-9(13)8(6-7)12(14,15)16/h2-6,10H,17H2,1H3. The van der Waals surface area contributed by atoms with Crippen LogP contribution in [-0.4, -0.2) is 9.55 Å². The molecule has 0 aliphatic rings. The van der Waals surface area contributed by atoms with Gasteiger partial charge in [-0.05, 0) is 17.7 Å². The van der Waals surface area contributed by atoms with Crippen molar-refractivity contribution in [3.63, 3.8) is 0 Å². The highest BCUT2D eigenvalue weighted by molar-refractivity contribution is 5.32. The molecule has 0 radical (unpaired) electrons. The zero-order chi connectivity index (χ0) is 14.2. The molecule has 0 aliphatic heterocycles. The third-order valence-electron chi connectivity index (χ3n) is 2.79. The van der Waals surface area contributed by atoms with Crippen LogP contribution in [0.1, 0.15) is 23.0 Å². The molecule has 0 fully saturated rings. The van der Waals surface area contributed by atoms with Crippen molar-refractivity contribution < 1.29 is 17.6 Å². The summed E-state index contributed by atoms with van der Waals surface area (Å²) in [7, 11) is 1.68. The maximum atomic E-state index is 13.2. The molecule has 0 bridgehead atoms. The van der Waals surface area contributed by atoms with Gasteiger partial charge < -0.3 is 10.3 Å². The fourth-order valence-electron chi connectivity index (χ4n) is 1.78. The maximum absolute atomic E-state index is 13.2. The van der Waals surface area contributed by atoms with Gasteiger partial charge in [0.2, 0.25) is 0 Å². The van der Waals surface area contributed by atoms with Crippen LogP contribution in [0.15, 0.2) is 30.6 Å². The predicted molar refractivity (Wildman–Crippen MR) is 60.6 cm³/mol. The lowest BCUT2D eigenvalue weighted by Crippen LogP contribution is -2.18. The second-order valence-corrected chi connectivity index (χ2v) is 4.11. The number of imidazole rings is 1. The van der Waals surface area contributed by atoms with E-state index in [4.69, 9.17) is 5.73 Å². The lowest BCUT2D eigenvalue weighted by atomic mass is 10.0. The second-order valence-electron chi connectivity index (χ2n) is 4.11. The molecule has 2 aromatic rings. The number of aromatic nitrogens is 2. The van der Waals surface area contributed by atoms with Crippen molar-refractivity contribution in [3.8, 4) is 0 Å². The first-order valence-corrected chi connectivity index (χ1v) is 5.40. The molecule has 0 aliphatic carbocycles. The maximum Gasteiger partial charge on any atom is 0.419 e. The van der Waals surface area contributed by atoms with Crippen molar-refractivity contribution in [1.82, 2.24) is 9.55 Å². The van der Waals surface area contributed by atoms with Crippen LogP contribution >= 0.6 is 0 Å². The highest BCUT2D eigenvalue weighted by atomic mass is 19.4. The van der Waals surface area contributed by atoms with Crippen LogP contribution < -0.4 is 5.73 Å². The van der Waals surface area contributed by atoms with Gasteiger partial charge in [-0.25, -0.2) is 9.37 Å². The number of nitrogens with zero attached hydrogens (tertiary/aromatic N) is 2. The van der Waals surface area contributed by atoms with E-state index in [0.29, 0.717) is 11.9 Å². The Balaban J connectivity index is 2.44. The van der Waals surface area contributed by atoms with Crippen LogP contribution in [0.2, 0.25) is 0 Å². The Labute approximate surface area is 106 Å². The van der Waals surface area contributed by atoms with Crippen LogP contribution in [0.25, 0.3) is 0 Å². The van der Waals surface area contributed by atoms with Gasteiger partial charge in [0.1, 0.15) is 11.6 Å². The third-order valence-corrected chi connectivity index (χ3v) is 2.79. The smallest absolute Gasteiger partial charge is 0.336 e. The zero-order valence-electron chi connectivity index (χ0n) is 9.95. The molecule has 1 aromatic carbocycles. The molecular formula is C12H11F4N3. The van der Waals surface area contributed by atoms with E-state index < -0.39 is 23.6 Å². The molecule has 2 N–H and O–H groups in total. The van der Waals surface area contributed by atoms with Gasteiger partial charge in [0.25, 0.3) is 0 Å². The monoisotopic (exact) mass is 273 g/mol.